The van der Waals surface area contributed by atoms with Gasteiger partial charge in [-0.15, -0.1) is 0 Å². The van der Waals surface area contributed by atoms with Gasteiger partial charge in [0.25, 0.3) is 5.92 Å². The van der Waals surface area contributed by atoms with Crippen LogP contribution in [-0.4, -0.2) is 18.9 Å². The molecule has 0 atom stereocenters. The number of halogens is 4. The van der Waals surface area contributed by atoms with Gasteiger partial charge in [-0.25, -0.2) is 21.6 Å². The number of alkyl halides is 2. The minimum Gasteiger partial charge on any atom is -0.294 e. The van der Waals surface area contributed by atoms with Crippen molar-refractivity contribution >= 4 is 27.2 Å². The summed E-state index contributed by atoms with van der Waals surface area (Å²) in [4.78, 5) is 12.2. The van der Waals surface area contributed by atoms with Gasteiger partial charge in [0.05, 0.1) is 9.64 Å². The van der Waals surface area contributed by atoms with Crippen LogP contribution >= 0.6 is 11.6 Å². The van der Waals surface area contributed by atoms with Gasteiger partial charge in [0, 0.05) is 29.0 Å². The van der Waals surface area contributed by atoms with Gasteiger partial charge in [0.15, 0.2) is 15.6 Å². The summed E-state index contributed by atoms with van der Waals surface area (Å²) in [6.45, 7) is 4.68. The maximum absolute atomic E-state index is 14.1. The minimum absolute atomic E-state index is 0.0778. The van der Waals surface area contributed by atoms with Crippen molar-refractivity contribution in [2.45, 2.75) is 74.9 Å². The van der Waals surface area contributed by atoms with E-state index in [1.165, 1.54) is 37.3 Å². The van der Waals surface area contributed by atoms with Gasteiger partial charge in [-0.1, -0.05) is 30.7 Å². The second kappa shape index (κ2) is 10.0. The highest BCUT2D eigenvalue weighted by Crippen LogP contribution is 2.48. The van der Waals surface area contributed by atoms with Crippen molar-refractivity contribution in [1.29, 1.82) is 0 Å². The van der Waals surface area contributed by atoms with Crippen LogP contribution in [-0.2, 0) is 15.8 Å². The third-order valence-corrected chi connectivity index (χ3v) is 9.93. The van der Waals surface area contributed by atoms with E-state index in [0.29, 0.717) is 25.2 Å². The summed E-state index contributed by atoms with van der Waals surface area (Å²) in [5, 5.41) is 0.178. The highest BCUT2D eigenvalue weighted by Gasteiger charge is 2.48. The lowest BCUT2D eigenvalue weighted by molar-refractivity contribution is -0.00850. The number of ketones is 1. The average molecular weight is 515 g/mol. The molecule has 1 fully saturated rings. The van der Waals surface area contributed by atoms with Crippen LogP contribution in [0.4, 0.5) is 13.2 Å². The standard InChI is InChI=1S/C26H30ClF3O3S/c1-4-26(29,30)19-8-6-9-23(15-19)34(32,33)25(2,3)20-11-17(12-20)7-5-10-24(31)18-13-21(27)16-22(28)14-18/h6,8-9,13-17,20H,4-5,7,10-12H2,1-3H3. The molecule has 3 rings (SSSR count). The highest BCUT2D eigenvalue weighted by molar-refractivity contribution is 7.92. The molecule has 0 amide bonds. The van der Waals surface area contributed by atoms with E-state index in [-0.39, 0.29) is 39.2 Å². The first-order valence-electron chi connectivity index (χ1n) is 11.5. The lowest BCUT2D eigenvalue weighted by Gasteiger charge is -2.45. The summed E-state index contributed by atoms with van der Waals surface area (Å²) in [5.74, 6) is -3.62. The zero-order valence-corrected chi connectivity index (χ0v) is 21.2. The Morgan fingerprint density at radius 3 is 2.41 bits per heavy atom. The first-order chi connectivity index (χ1) is 15.8. The number of carbonyl (C=O) groups excluding carboxylic acids is 1. The van der Waals surface area contributed by atoms with E-state index in [1.807, 2.05) is 0 Å². The molecule has 186 valence electrons. The number of hydrogen-bond acceptors (Lipinski definition) is 3. The van der Waals surface area contributed by atoms with E-state index in [4.69, 9.17) is 11.6 Å². The van der Waals surface area contributed by atoms with Gasteiger partial charge in [-0.3, -0.25) is 4.79 Å². The number of sulfone groups is 1. The molecule has 0 aromatic heterocycles. The Morgan fingerprint density at radius 1 is 1.12 bits per heavy atom. The molecule has 2 aromatic carbocycles. The number of benzene rings is 2. The molecular formula is C26H30ClF3O3S. The summed E-state index contributed by atoms with van der Waals surface area (Å²) < 4.78 is 67.3. The number of rotatable bonds is 10. The molecule has 0 saturated heterocycles. The van der Waals surface area contributed by atoms with Crippen LogP contribution in [0.5, 0.6) is 0 Å². The zero-order chi connectivity index (χ0) is 25.3. The molecule has 1 saturated carbocycles. The molecule has 0 aliphatic heterocycles. The molecular weight excluding hydrogens is 485 g/mol. The molecule has 0 spiro atoms. The van der Waals surface area contributed by atoms with Crippen LogP contribution in [0.3, 0.4) is 0 Å². The second-order valence-corrected chi connectivity index (χ2v) is 12.7. The van der Waals surface area contributed by atoms with Gasteiger partial charge in [0.1, 0.15) is 5.82 Å². The van der Waals surface area contributed by atoms with Crippen molar-refractivity contribution in [1.82, 2.24) is 0 Å². The van der Waals surface area contributed by atoms with Crippen molar-refractivity contribution in [3.05, 3.63) is 64.4 Å². The van der Waals surface area contributed by atoms with Crippen LogP contribution in [0.25, 0.3) is 0 Å². The average Bonchev–Trinajstić information content (AvgIpc) is 2.74. The Kier molecular flexibility index (Phi) is 7.88. The zero-order valence-electron chi connectivity index (χ0n) is 19.6. The Balaban J connectivity index is 1.58. The first kappa shape index (κ1) is 26.7. The summed E-state index contributed by atoms with van der Waals surface area (Å²) in [5.41, 5.74) is -0.0396. The maximum Gasteiger partial charge on any atom is 0.273 e. The Labute approximate surface area is 204 Å². The third-order valence-electron chi connectivity index (χ3n) is 7.12. The van der Waals surface area contributed by atoms with Gasteiger partial charge in [-0.05, 0) is 81.7 Å². The maximum atomic E-state index is 14.1. The summed E-state index contributed by atoms with van der Waals surface area (Å²) in [6, 6.07) is 8.88. The van der Waals surface area contributed by atoms with E-state index < -0.39 is 32.7 Å². The Bertz CT molecular complexity index is 1140. The fraction of sp³-hybridized carbons (Fsp3) is 0.500. The molecule has 0 heterocycles. The SMILES string of the molecule is CCC(F)(F)c1cccc(S(=O)(=O)C(C)(C)C2CC(CCCC(=O)c3cc(F)cc(Cl)c3)C2)c1. The van der Waals surface area contributed by atoms with Crippen LogP contribution in [0.15, 0.2) is 47.4 Å². The molecule has 0 N–H and O–H groups in total. The lowest BCUT2D eigenvalue weighted by Crippen LogP contribution is -2.46. The monoisotopic (exact) mass is 514 g/mol. The van der Waals surface area contributed by atoms with E-state index >= 15 is 0 Å². The van der Waals surface area contributed by atoms with Crippen molar-refractivity contribution in [2.75, 3.05) is 0 Å². The molecule has 8 heteroatoms. The van der Waals surface area contributed by atoms with Gasteiger partial charge < -0.3 is 0 Å². The van der Waals surface area contributed by atoms with Crippen molar-refractivity contribution in [3.8, 4) is 0 Å². The number of Topliss-reactive ketones (excluding diaryl/α,β-unsaturated/α-hetero) is 1. The molecule has 0 bridgehead atoms. The molecule has 1 aliphatic carbocycles. The largest absolute Gasteiger partial charge is 0.294 e. The predicted octanol–water partition coefficient (Wildman–Crippen LogP) is 7.61. The van der Waals surface area contributed by atoms with Gasteiger partial charge in [0.2, 0.25) is 0 Å². The second-order valence-electron chi connectivity index (χ2n) is 9.70. The molecule has 0 radical (unpaired) electrons. The third kappa shape index (κ3) is 5.51. The fourth-order valence-electron chi connectivity index (χ4n) is 4.57. The Morgan fingerprint density at radius 2 is 1.79 bits per heavy atom. The molecule has 2 aromatic rings. The summed E-state index contributed by atoms with van der Waals surface area (Å²) in [6.07, 6.45) is 2.62. The highest BCUT2D eigenvalue weighted by atomic mass is 35.5. The van der Waals surface area contributed by atoms with Gasteiger partial charge in [-0.2, -0.15) is 0 Å². The van der Waals surface area contributed by atoms with Crippen molar-refractivity contribution in [2.24, 2.45) is 11.8 Å². The van der Waals surface area contributed by atoms with E-state index in [9.17, 15) is 26.4 Å². The minimum atomic E-state index is -3.83. The first-order valence-corrected chi connectivity index (χ1v) is 13.4. The number of carbonyl (C=O) groups is 1. The molecule has 3 nitrogen and oxygen atoms in total. The van der Waals surface area contributed by atoms with E-state index in [1.54, 1.807) is 13.8 Å². The quantitative estimate of drug-likeness (QED) is 0.306. The van der Waals surface area contributed by atoms with E-state index in [2.05, 4.69) is 0 Å². The smallest absolute Gasteiger partial charge is 0.273 e. The number of hydrogen-bond donors (Lipinski definition) is 0. The summed E-state index contributed by atoms with van der Waals surface area (Å²) in [7, 11) is -3.83. The van der Waals surface area contributed by atoms with Crippen LogP contribution in [0, 0.1) is 17.7 Å². The van der Waals surface area contributed by atoms with Crippen molar-refractivity contribution < 1.29 is 26.4 Å². The van der Waals surface area contributed by atoms with E-state index in [0.717, 1.165) is 18.6 Å². The van der Waals surface area contributed by atoms with Crippen LogP contribution in [0.2, 0.25) is 5.02 Å². The topological polar surface area (TPSA) is 51.2 Å². The normalized spacial score (nSPS) is 19.0. The van der Waals surface area contributed by atoms with Gasteiger partial charge >= 0.3 is 0 Å². The summed E-state index contributed by atoms with van der Waals surface area (Å²) >= 11 is 5.81. The lowest BCUT2D eigenvalue weighted by atomic mass is 9.67. The molecule has 0 unspecified atom stereocenters. The Hall–Kier alpha value is -1.86. The fourth-order valence-corrected chi connectivity index (χ4v) is 6.57. The molecule has 34 heavy (non-hydrogen) atoms. The van der Waals surface area contributed by atoms with Crippen LogP contribution < -0.4 is 0 Å². The molecule has 1 aliphatic rings. The van der Waals surface area contributed by atoms with Crippen molar-refractivity contribution in [3.63, 3.8) is 0 Å². The predicted molar refractivity (Wildman–Crippen MR) is 128 cm³/mol. The van der Waals surface area contributed by atoms with Crippen LogP contribution in [0.1, 0.15) is 75.2 Å².